The zero-order chi connectivity index (χ0) is 12.8. The molecule has 94 valence electrons. The topological polar surface area (TPSA) is 41.1 Å². The first-order valence-corrected chi connectivity index (χ1v) is 6.22. The second-order valence-electron chi connectivity index (χ2n) is 3.83. The number of carbonyl (C=O) groups is 1. The van der Waals surface area contributed by atoms with Crippen molar-refractivity contribution in [3.05, 3.63) is 34.1 Å². The predicted molar refractivity (Wildman–Crippen MR) is 69.2 cm³/mol. The molecule has 0 bridgehead atoms. The number of hydrogen-bond donors (Lipinski definition) is 2. The van der Waals surface area contributed by atoms with E-state index in [1.54, 1.807) is 12.1 Å². The van der Waals surface area contributed by atoms with E-state index in [1.807, 2.05) is 6.92 Å². The van der Waals surface area contributed by atoms with Crippen molar-refractivity contribution in [2.45, 2.75) is 19.9 Å². The maximum atomic E-state index is 13.0. The van der Waals surface area contributed by atoms with Crippen molar-refractivity contribution in [3.63, 3.8) is 0 Å². The molecular formula is C12H16BrFN2O. The van der Waals surface area contributed by atoms with Crippen LogP contribution < -0.4 is 10.6 Å². The van der Waals surface area contributed by atoms with E-state index >= 15 is 0 Å². The Morgan fingerprint density at radius 3 is 2.76 bits per heavy atom. The molecule has 1 atom stereocenters. The van der Waals surface area contributed by atoms with E-state index in [0.717, 1.165) is 5.56 Å². The molecule has 0 aliphatic rings. The fourth-order valence-corrected chi connectivity index (χ4v) is 1.82. The van der Waals surface area contributed by atoms with E-state index < -0.39 is 0 Å². The Morgan fingerprint density at radius 1 is 1.47 bits per heavy atom. The molecule has 17 heavy (non-hydrogen) atoms. The van der Waals surface area contributed by atoms with Crippen LogP contribution in [0.3, 0.4) is 0 Å². The monoisotopic (exact) mass is 302 g/mol. The molecule has 2 N–H and O–H groups in total. The number of carbonyl (C=O) groups excluding carboxylic acids is 1. The summed E-state index contributed by atoms with van der Waals surface area (Å²) in [6.07, 6.45) is 0. The Hall–Kier alpha value is -0.940. The number of halogens is 2. The summed E-state index contributed by atoms with van der Waals surface area (Å²) < 4.78 is 13.5. The predicted octanol–water partition coefficient (Wildman–Crippen LogP) is 2.37. The molecule has 0 aliphatic carbocycles. The summed E-state index contributed by atoms with van der Waals surface area (Å²) in [5.74, 6) is -0.303. The van der Waals surface area contributed by atoms with Crippen LogP contribution in [-0.2, 0) is 4.79 Å². The smallest absolute Gasteiger partial charge is 0.216 e. The summed E-state index contributed by atoms with van der Waals surface area (Å²) in [5, 5.41) is 5.95. The largest absolute Gasteiger partial charge is 0.355 e. The van der Waals surface area contributed by atoms with Gasteiger partial charge in [0.1, 0.15) is 5.82 Å². The fourth-order valence-electron chi connectivity index (χ4n) is 1.43. The minimum atomic E-state index is -0.265. The van der Waals surface area contributed by atoms with E-state index in [9.17, 15) is 9.18 Å². The van der Waals surface area contributed by atoms with E-state index in [-0.39, 0.29) is 17.8 Å². The van der Waals surface area contributed by atoms with Crippen LogP contribution in [0.25, 0.3) is 0 Å². The van der Waals surface area contributed by atoms with Gasteiger partial charge in [-0.1, -0.05) is 6.07 Å². The van der Waals surface area contributed by atoms with Crippen LogP contribution >= 0.6 is 15.9 Å². The number of nitrogens with one attached hydrogen (secondary N) is 2. The lowest BCUT2D eigenvalue weighted by atomic mass is 10.1. The molecule has 3 nitrogen and oxygen atoms in total. The Bertz CT molecular complexity index is 398. The van der Waals surface area contributed by atoms with Crippen LogP contribution in [0.4, 0.5) is 4.39 Å². The number of hydrogen-bond acceptors (Lipinski definition) is 2. The molecule has 1 aromatic carbocycles. The lowest BCUT2D eigenvalue weighted by Crippen LogP contribution is -2.31. The molecule has 0 spiro atoms. The van der Waals surface area contributed by atoms with Gasteiger partial charge in [-0.05, 0) is 40.5 Å². The Morgan fingerprint density at radius 2 is 2.18 bits per heavy atom. The minimum absolute atomic E-state index is 0.0380. The van der Waals surface area contributed by atoms with Gasteiger partial charge in [-0.15, -0.1) is 0 Å². The van der Waals surface area contributed by atoms with Crippen molar-refractivity contribution in [2.24, 2.45) is 0 Å². The molecule has 5 heteroatoms. The standard InChI is InChI=1S/C12H16BrFN2O/c1-8(15-5-6-16-9(2)17)10-3-4-12(14)11(13)7-10/h3-4,7-8,15H,5-6H2,1-2H3,(H,16,17). The molecule has 0 saturated heterocycles. The lowest BCUT2D eigenvalue weighted by Gasteiger charge is -2.14. The van der Waals surface area contributed by atoms with Crippen LogP contribution in [0.2, 0.25) is 0 Å². The van der Waals surface area contributed by atoms with Crippen molar-refractivity contribution in [1.82, 2.24) is 10.6 Å². The van der Waals surface area contributed by atoms with Crippen molar-refractivity contribution in [1.29, 1.82) is 0 Å². The zero-order valence-electron chi connectivity index (χ0n) is 9.89. The first-order valence-electron chi connectivity index (χ1n) is 5.43. The van der Waals surface area contributed by atoms with Gasteiger partial charge in [0.25, 0.3) is 0 Å². The third-order valence-corrected chi connectivity index (χ3v) is 3.00. The molecule has 0 heterocycles. The highest BCUT2D eigenvalue weighted by molar-refractivity contribution is 9.10. The van der Waals surface area contributed by atoms with Crippen molar-refractivity contribution in [3.8, 4) is 0 Å². The second-order valence-corrected chi connectivity index (χ2v) is 4.69. The highest BCUT2D eigenvalue weighted by Crippen LogP contribution is 2.20. The van der Waals surface area contributed by atoms with Gasteiger partial charge in [-0.3, -0.25) is 4.79 Å². The van der Waals surface area contributed by atoms with Crippen LogP contribution in [0.5, 0.6) is 0 Å². The van der Waals surface area contributed by atoms with Crippen LogP contribution in [0, 0.1) is 5.82 Å². The minimum Gasteiger partial charge on any atom is -0.355 e. The summed E-state index contributed by atoms with van der Waals surface area (Å²) in [5.41, 5.74) is 1.00. The van der Waals surface area contributed by atoms with E-state index in [4.69, 9.17) is 0 Å². The molecule has 1 amide bonds. The molecule has 1 rings (SSSR count). The van der Waals surface area contributed by atoms with Crippen LogP contribution in [0.1, 0.15) is 25.5 Å². The number of amides is 1. The Balaban J connectivity index is 2.44. The lowest BCUT2D eigenvalue weighted by molar-refractivity contribution is -0.118. The summed E-state index contributed by atoms with van der Waals surface area (Å²) in [7, 11) is 0. The van der Waals surface area contributed by atoms with Crippen molar-refractivity contribution in [2.75, 3.05) is 13.1 Å². The number of rotatable bonds is 5. The second kappa shape index (κ2) is 6.71. The van der Waals surface area contributed by atoms with E-state index in [2.05, 4.69) is 26.6 Å². The van der Waals surface area contributed by atoms with Gasteiger partial charge in [0.05, 0.1) is 4.47 Å². The van der Waals surface area contributed by atoms with Gasteiger partial charge in [-0.2, -0.15) is 0 Å². The maximum absolute atomic E-state index is 13.0. The molecule has 0 aliphatic heterocycles. The molecule has 1 aromatic rings. The summed E-state index contributed by atoms with van der Waals surface area (Å²) >= 11 is 3.16. The summed E-state index contributed by atoms with van der Waals surface area (Å²) in [6, 6.07) is 5.05. The zero-order valence-corrected chi connectivity index (χ0v) is 11.5. The molecule has 0 aromatic heterocycles. The Labute approximate surface area is 109 Å². The van der Waals surface area contributed by atoms with Crippen molar-refractivity contribution < 1.29 is 9.18 Å². The van der Waals surface area contributed by atoms with E-state index in [1.165, 1.54) is 13.0 Å². The summed E-state index contributed by atoms with van der Waals surface area (Å²) in [6.45, 7) is 4.74. The van der Waals surface area contributed by atoms with E-state index in [0.29, 0.717) is 17.6 Å². The fraction of sp³-hybridized carbons (Fsp3) is 0.417. The molecular weight excluding hydrogens is 287 g/mol. The van der Waals surface area contributed by atoms with Gasteiger partial charge >= 0.3 is 0 Å². The first-order chi connectivity index (χ1) is 8.00. The quantitative estimate of drug-likeness (QED) is 0.820. The third-order valence-electron chi connectivity index (χ3n) is 2.39. The van der Waals surface area contributed by atoms with Gasteiger partial charge in [0, 0.05) is 26.1 Å². The van der Waals surface area contributed by atoms with Gasteiger partial charge in [-0.25, -0.2) is 4.39 Å². The van der Waals surface area contributed by atoms with Crippen LogP contribution in [-0.4, -0.2) is 19.0 Å². The molecule has 0 saturated carbocycles. The van der Waals surface area contributed by atoms with Gasteiger partial charge < -0.3 is 10.6 Å². The van der Waals surface area contributed by atoms with Crippen LogP contribution in [0.15, 0.2) is 22.7 Å². The average Bonchev–Trinajstić information content (AvgIpc) is 2.27. The van der Waals surface area contributed by atoms with Gasteiger partial charge in [0.15, 0.2) is 0 Å². The normalized spacial score (nSPS) is 12.2. The Kier molecular flexibility index (Phi) is 5.58. The summed E-state index contributed by atoms with van der Waals surface area (Å²) in [4.78, 5) is 10.7. The molecule has 1 unspecified atom stereocenters. The molecule has 0 fully saturated rings. The average molecular weight is 303 g/mol. The highest BCUT2D eigenvalue weighted by Gasteiger charge is 2.07. The SMILES string of the molecule is CC(=O)NCCNC(C)c1ccc(F)c(Br)c1. The third kappa shape index (κ3) is 4.83. The first kappa shape index (κ1) is 14.1. The highest BCUT2D eigenvalue weighted by atomic mass is 79.9. The maximum Gasteiger partial charge on any atom is 0.216 e. The van der Waals surface area contributed by atoms with Gasteiger partial charge in [0.2, 0.25) is 5.91 Å². The number of benzene rings is 1. The molecule has 0 radical (unpaired) electrons. The van der Waals surface area contributed by atoms with Crippen molar-refractivity contribution >= 4 is 21.8 Å².